The van der Waals surface area contributed by atoms with Crippen LogP contribution in [-0.4, -0.2) is 26.8 Å². The van der Waals surface area contributed by atoms with Gasteiger partial charge in [-0.1, -0.05) is 6.07 Å². The number of imidazole rings is 1. The van der Waals surface area contributed by atoms with Crippen LogP contribution >= 0.6 is 0 Å². The first-order valence-corrected chi connectivity index (χ1v) is 8.14. The number of ether oxygens (including phenoxy) is 1. The average molecular weight is 338 g/mol. The molecule has 0 aliphatic heterocycles. The van der Waals surface area contributed by atoms with Gasteiger partial charge in [-0.05, 0) is 43.7 Å². The third kappa shape index (κ3) is 3.80. The van der Waals surface area contributed by atoms with Crippen LogP contribution in [-0.2, 0) is 6.54 Å². The number of pyridine rings is 1. The number of aromatic hydroxyl groups is 1. The molecule has 0 bridgehead atoms. The summed E-state index contributed by atoms with van der Waals surface area (Å²) in [6, 6.07) is 9.16. The highest BCUT2D eigenvalue weighted by Gasteiger charge is 2.12. The molecule has 0 fully saturated rings. The van der Waals surface area contributed by atoms with Crippen molar-refractivity contribution in [2.45, 2.75) is 26.4 Å². The Balaban J connectivity index is 1.67. The molecule has 25 heavy (non-hydrogen) atoms. The molecule has 0 amide bonds. The summed E-state index contributed by atoms with van der Waals surface area (Å²) >= 11 is 0. The first-order chi connectivity index (χ1) is 12.1. The van der Waals surface area contributed by atoms with Crippen molar-refractivity contribution < 1.29 is 9.84 Å². The molecule has 2 heterocycles. The van der Waals surface area contributed by atoms with Crippen LogP contribution in [0.2, 0.25) is 0 Å². The van der Waals surface area contributed by atoms with Crippen LogP contribution in [0.1, 0.15) is 29.9 Å². The van der Waals surface area contributed by atoms with Crippen LogP contribution in [0, 0.1) is 6.92 Å². The van der Waals surface area contributed by atoms with E-state index in [2.05, 4.69) is 15.3 Å². The van der Waals surface area contributed by atoms with E-state index in [9.17, 15) is 5.11 Å². The molecule has 0 aliphatic carbocycles. The van der Waals surface area contributed by atoms with Crippen LogP contribution in [0.4, 0.5) is 0 Å². The molecule has 0 unspecified atom stereocenters. The molecule has 0 radical (unpaired) electrons. The Labute approximate surface area is 147 Å². The molecule has 0 spiro atoms. The smallest absolute Gasteiger partial charge is 0.137 e. The quantitative estimate of drug-likeness (QED) is 0.722. The van der Waals surface area contributed by atoms with Crippen LogP contribution in [0.25, 0.3) is 5.82 Å². The standard InChI is InChI=1S/C19H22N4O2/c1-13(17-10-16(24)5-6-18(17)25-3)21-11-15-4-7-19(22-12-15)23-9-8-20-14(23)2/h4-10,12-13,21,24H,11H2,1-3H3/t13-/m1/s1. The number of aromatic nitrogens is 3. The van der Waals surface area contributed by atoms with E-state index in [1.165, 1.54) is 0 Å². The fraction of sp³-hybridized carbons (Fsp3) is 0.263. The number of phenolic OH excluding ortho intramolecular Hbond substituents is 1. The summed E-state index contributed by atoms with van der Waals surface area (Å²) in [5.41, 5.74) is 1.99. The van der Waals surface area contributed by atoms with Gasteiger partial charge in [-0.15, -0.1) is 0 Å². The third-order valence-corrected chi connectivity index (χ3v) is 4.17. The van der Waals surface area contributed by atoms with Crippen LogP contribution in [0.15, 0.2) is 48.9 Å². The molecule has 0 saturated carbocycles. The Kier molecular flexibility index (Phi) is 5.00. The van der Waals surface area contributed by atoms with Gasteiger partial charge in [0.1, 0.15) is 23.1 Å². The van der Waals surface area contributed by atoms with Gasteiger partial charge in [0.2, 0.25) is 0 Å². The largest absolute Gasteiger partial charge is 0.508 e. The van der Waals surface area contributed by atoms with Crippen molar-refractivity contribution >= 4 is 0 Å². The summed E-state index contributed by atoms with van der Waals surface area (Å²) in [5, 5.41) is 13.1. The maximum atomic E-state index is 9.71. The van der Waals surface area contributed by atoms with Crippen LogP contribution in [0.5, 0.6) is 11.5 Å². The molecular formula is C19H22N4O2. The number of benzene rings is 1. The lowest BCUT2D eigenvalue weighted by Crippen LogP contribution is -2.19. The van der Waals surface area contributed by atoms with E-state index in [4.69, 9.17) is 4.74 Å². The third-order valence-electron chi connectivity index (χ3n) is 4.17. The second kappa shape index (κ2) is 7.36. The first kappa shape index (κ1) is 17.0. The molecule has 1 atom stereocenters. The number of nitrogens with zero attached hydrogens (tertiary/aromatic N) is 3. The summed E-state index contributed by atoms with van der Waals surface area (Å²) in [5.74, 6) is 2.73. The van der Waals surface area contributed by atoms with Gasteiger partial charge >= 0.3 is 0 Å². The molecule has 3 aromatic rings. The molecule has 0 aliphatic rings. The van der Waals surface area contributed by atoms with Crippen LogP contribution < -0.4 is 10.1 Å². The van der Waals surface area contributed by atoms with Crippen molar-refractivity contribution in [2.24, 2.45) is 0 Å². The van der Waals surface area contributed by atoms with Crippen molar-refractivity contribution in [3.8, 4) is 17.3 Å². The van der Waals surface area contributed by atoms with Crippen LogP contribution in [0.3, 0.4) is 0 Å². The number of hydrogen-bond acceptors (Lipinski definition) is 5. The Morgan fingerprint density at radius 2 is 2.08 bits per heavy atom. The minimum absolute atomic E-state index is 0.0256. The second-order valence-corrected chi connectivity index (χ2v) is 5.90. The summed E-state index contributed by atoms with van der Waals surface area (Å²) < 4.78 is 7.31. The van der Waals surface area contributed by atoms with E-state index in [-0.39, 0.29) is 11.8 Å². The number of methoxy groups -OCH3 is 1. The Bertz CT molecular complexity index is 843. The summed E-state index contributed by atoms with van der Waals surface area (Å²) in [7, 11) is 1.63. The molecule has 6 nitrogen and oxygen atoms in total. The predicted molar refractivity (Wildman–Crippen MR) is 96.0 cm³/mol. The van der Waals surface area contributed by atoms with E-state index in [1.54, 1.807) is 31.5 Å². The lowest BCUT2D eigenvalue weighted by atomic mass is 10.1. The minimum Gasteiger partial charge on any atom is -0.508 e. The molecule has 3 rings (SSSR count). The lowest BCUT2D eigenvalue weighted by molar-refractivity contribution is 0.398. The number of aryl methyl sites for hydroxylation is 1. The highest BCUT2D eigenvalue weighted by Crippen LogP contribution is 2.28. The number of phenols is 1. The maximum absolute atomic E-state index is 9.71. The summed E-state index contributed by atoms with van der Waals surface area (Å²) in [6.45, 7) is 4.64. The Hall–Kier alpha value is -2.86. The molecule has 130 valence electrons. The lowest BCUT2D eigenvalue weighted by Gasteiger charge is -2.17. The summed E-state index contributed by atoms with van der Waals surface area (Å²) in [4.78, 5) is 8.71. The van der Waals surface area contributed by atoms with Gasteiger partial charge in [-0.25, -0.2) is 9.97 Å². The van der Waals surface area contributed by atoms with Gasteiger partial charge in [0.05, 0.1) is 7.11 Å². The van der Waals surface area contributed by atoms with Gasteiger partial charge in [0.15, 0.2) is 0 Å². The Morgan fingerprint density at radius 1 is 1.24 bits per heavy atom. The van der Waals surface area contributed by atoms with Crippen molar-refractivity contribution in [1.29, 1.82) is 0 Å². The zero-order valence-corrected chi connectivity index (χ0v) is 14.6. The van der Waals surface area contributed by atoms with Crippen molar-refractivity contribution in [3.05, 3.63) is 65.9 Å². The molecule has 6 heteroatoms. The highest BCUT2D eigenvalue weighted by atomic mass is 16.5. The van der Waals surface area contributed by atoms with Crippen molar-refractivity contribution in [2.75, 3.05) is 7.11 Å². The van der Waals surface area contributed by atoms with E-state index < -0.39 is 0 Å². The van der Waals surface area contributed by atoms with Gasteiger partial charge in [-0.2, -0.15) is 0 Å². The molecule has 2 N–H and O–H groups in total. The molecule has 2 aromatic heterocycles. The van der Waals surface area contributed by atoms with Gasteiger partial charge in [-0.3, -0.25) is 4.57 Å². The van der Waals surface area contributed by atoms with Crippen molar-refractivity contribution in [1.82, 2.24) is 19.9 Å². The number of hydrogen-bond donors (Lipinski definition) is 2. The van der Waals surface area contributed by atoms with E-state index in [0.717, 1.165) is 28.5 Å². The van der Waals surface area contributed by atoms with E-state index in [0.29, 0.717) is 6.54 Å². The average Bonchev–Trinajstić information content (AvgIpc) is 3.06. The highest BCUT2D eigenvalue weighted by molar-refractivity contribution is 5.41. The zero-order chi connectivity index (χ0) is 17.8. The maximum Gasteiger partial charge on any atom is 0.137 e. The van der Waals surface area contributed by atoms with Gasteiger partial charge in [0.25, 0.3) is 0 Å². The zero-order valence-electron chi connectivity index (χ0n) is 14.6. The monoisotopic (exact) mass is 338 g/mol. The number of nitrogens with one attached hydrogen (secondary N) is 1. The Morgan fingerprint density at radius 3 is 2.72 bits per heavy atom. The molecule has 0 saturated heterocycles. The molecular weight excluding hydrogens is 316 g/mol. The van der Waals surface area contributed by atoms with E-state index in [1.807, 2.05) is 42.9 Å². The summed E-state index contributed by atoms with van der Waals surface area (Å²) in [6.07, 6.45) is 5.51. The predicted octanol–water partition coefficient (Wildman–Crippen LogP) is 3.14. The normalized spacial score (nSPS) is 12.1. The number of rotatable bonds is 6. The fourth-order valence-electron chi connectivity index (χ4n) is 2.72. The van der Waals surface area contributed by atoms with Gasteiger partial charge < -0.3 is 15.2 Å². The molecule has 1 aromatic carbocycles. The fourth-order valence-corrected chi connectivity index (χ4v) is 2.72. The van der Waals surface area contributed by atoms with Gasteiger partial charge in [0, 0.05) is 36.7 Å². The SMILES string of the molecule is COc1ccc(O)cc1[C@@H](C)NCc1ccc(-n2ccnc2C)nc1. The topological polar surface area (TPSA) is 72.2 Å². The van der Waals surface area contributed by atoms with Crippen molar-refractivity contribution in [3.63, 3.8) is 0 Å². The second-order valence-electron chi connectivity index (χ2n) is 5.90. The van der Waals surface area contributed by atoms with E-state index >= 15 is 0 Å². The first-order valence-electron chi connectivity index (χ1n) is 8.14. The minimum atomic E-state index is 0.0256.